The van der Waals surface area contributed by atoms with Gasteiger partial charge in [-0.25, -0.2) is 27.2 Å². The third kappa shape index (κ3) is 9.13. The van der Waals surface area contributed by atoms with Crippen LogP contribution in [0, 0.1) is 37.5 Å². The number of phenols is 1. The maximum absolute atomic E-state index is 16.3. The molecular weight excluding hydrogens is 1050 g/mol. The lowest BCUT2D eigenvalue weighted by atomic mass is 9.95. The highest BCUT2D eigenvalue weighted by Crippen LogP contribution is 2.44. The molecule has 3 N–H and O–H groups in total. The number of nitrogens with zero attached hydrogens (tertiary/aromatic N) is 6. The molecule has 20 heteroatoms. The molecule has 0 unspecified atom stereocenters. The number of halogens is 4. The van der Waals surface area contributed by atoms with Crippen LogP contribution in [0.3, 0.4) is 0 Å². The Bertz CT molecular complexity index is 4250. The minimum atomic E-state index is -1.00. The molecule has 4 fully saturated rings. The van der Waals surface area contributed by atoms with Crippen LogP contribution in [-0.2, 0) is 6.61 Å². The molecule has 412 valence electrons. The predicted octanol–water partition coefficient (Wildman–Crippen LogP) is 10.2. The molecule has 4 atom stereocenters. The van der Waals surface area contributed by atoms with Gasteiger partial charge < -0.3 is 38.6 Å². The van der Waals surface area contributed by atoms with E-state index in [1.165, 1.54) is 42.5 Å². The van der Waals surface area contributed by atoms with Gasteiger partial charge in [-0.05, 0) is 111 Å². The molecule has 4 saturated heterocycles. The topological polar surface area (TPSA) is 202 Å². The Hall–Kier alpha value is -8.80. The van der Waals surface area contributed by atoms with Gasteiger partial charge in [-0.3, -0.25) is 9.80 Å². The number of hydrogen-bond acceptors (Lipinski definition) is 16. The van der Waals surface area contributed by atoms with Crippen molar-refractivity contribution in [1.82, 2.24) is 29.7 Å². The number of benzene rings is 5. The molecule has 13 rings (SSSR count). The van der Waals surface area contributed by atoms with E-state index in [1.54, 1.807) is 19.9 Å². The highest BCUT2D eigenvalue weighted by molar-refractivity contribution is 6.04. The summed E-state index contributed by atoms with van der Waals surface area (Å²) in [4.78, 5) is 50.4. The van der Waals surface area contributed by atoms with Crippen molar-refractivity contribution in [2.45, 2.75) is 82.4 Å². The molecule has 81 heavy (non-hydrogen) atoms. The van der Waals surface area contributed by atoms with Gasteiger partial charge in [-0.2, -0.15) is 19.9 Å². The van der Waals surface area contributed by atoms with Gasteiger partial charge in [0.15, 0.2) is 0 Å². The number of ether oxygens (including phenoxy) is 4. The largest absolute Gasteiger partial charge is 0.508 e. The summed E-state index contributed by atoms with van der Waals surface area (Å²) in [5.74, 6) is 0.674. The van der Waals surface area contributed by atoms with Gasteiger partial charge >= 0.3 is 23.3 Å². The first-order chi connectivity index (χ1) is 39.1. The molecular formula is C61H51F4N7O9. The maximum Gasteiger partial charge on any atom is 0.351 e. The van der Waals surface area contributed by atoms with Gasteiger partial charge in [0.25, 0.3) is 0 Å². The highest BCUT2D eigenvalue weighted by atomic mass is 19.1. The van der Waals surface area contributed by atoms with Gasteiger partial charge in [0.05, 0.1) is 27.7 Å². The van der Waals surface area contributed by atoms with Crippen LogP contribution < -0.4 is 35.9 Å². The second kappa shape index (κ2) is 20.1. The van der Waals surface area contributed by atoms with E-state index in [9.17, 15) is 23.5 Å². The Labute approximate surface area is 459 Å². The van der Waals surface area contributed by atoms with Crippen molar-refractivity contribution in [1.29, 1.82) is 0 Å². The van der Waals surface area contributed by atoms with Crippen LogP contribution in [0.2, 0.25) is 0 Å². The van der Waals surface area contributed by atoms with E-state index in [1.807, 2.05) is 30.3 Å². The van der Waals surface area contributed by atoms with E-state index in [0.29, 0.717) is 42.3 Å². The van der Waals surface area contributed by atoms with E-state index in [2.05, 4.69) is 36.8 Å². The van der Waals surface area contributed by atoms with Crippen molar-refractivity contribution in [2.24, 2.45) is 0 Å². The van der Waals surface area contributed by atoms with Gasteiger partial charge in [0.1, 0.15) is 89.5 Å². The van der Waals surface area contributed by atoms with E-state index >= 15 is 8.78 Å². The number of aryl methyl sites for hydroxylation is 2. The summed E-state index contributed by atoms with van der Waals surface area (Å²) in [6, 6.07) is 21.6. The fourth-order valence-electron chi connectivity index (χ4n) is 12.7. The van der Waals surface area contributed by atoms with Crippen molar-refractivity contribution >= 4 is 49.2 Å². The second-order valence-corrected chi connectivity index (χ2v) is 21.5. The molecule has 9 aromatic rings. The summed E-state index contributed by atoms with van der Waals surface area (Å²) in [6.07, 6.45) is 4.46. The summed E-state index contributed by atoms with van der Waals surface area (Å²) in [6.45, 7) is 5.61. The molecule has 0 bridgehead atoms. The standard InChI is InChI=1S/C61H51F4N7O9/c1-32-50-48(54(66)69-58(67-50)78-30-60-16-7-18-71(60)27-37(62)25-60)56(74)80-52(32)42-23-39(73)21-36-13-14-44(64)41(46(36)42)15-20-76-40-22-35-11-6-12-45(65)47(35)43(24-40)53-33(2)51-49(57(75)81-53)55(77-29-34-9-4-3-5-10-34)70-59(68-51)79-31-61-17-8-19-72(61)28-38(63)26-61/h3-6,9-14,21-24,37-38,73H,7-8,16-19,25-31H2,1-2H3,(H2,66,67,69)/t37-,38-,60+,61+/m1/s1. The average Bonchev–Trinajstić information content (AvgIpc) is 4.39. The first kappa shape index (κ1) is 51.6. The van der Waals surface area contributed by atoms with E-state index in [4.69, 9.17) is 38.5 Å². The Balaban J connectivity index is 0.875. The number of anilines is 1. The number of nitrogen functional groups attached to an aromatic ring is 1. The van der Waals surface area contributed by atoms with Crippen LogP contribution >= 0.6 is 0 Å². The molecule has 4 aliphatic heterocycles. The van der Waals surface area contributed by atoms with Crippen molar-refractivity contribution in [2.75, 3.05) is 45.1 Å². The summed E-state index contributed by atoms with van der Waals surface area (Å²) in [5.41, 5.74) is 4.99. The Morgan fingerprint density at radius 1 is 0.691 bits per heavy atom. The molecule has 0 spiro atoms. The fraction of sp³-hybridized carbons (Fsp3) is 0.311. The van der Waals surface area contributed by atoms with Crippen molar-refractivity contribution in [3.05, 3.63) is 140 Å². The normalized spacial score (nSPS) is 20.7. The molecule has 16 nitrogen and oxygen atoms in total. The number of fused-ring (bicyclic) bond motifs is 6. The molecule has 0 saturated carbocycles. The monoisotopic (exact) mass is 1100 g/mol. The number of rotatable bonds is 12. The lowest BCUT2D eigenvalue weighted by Gasteiger charge is -2.30. The zero-order valence-corrected chi connectivity index (χ0v) is 43.9. The number of hydrogen-bond donors (Lipinski definition) is 2. The lowest BCUT2D eigenvalue weighted by molar-refractivity contribution is 0.106. The van der Waals surface area contributed by atoms with Crippen LogP contribution in [0.25, 0.3) is 66.0 Å². The van der Waals surface area contributed by atoms with Crippen LogP contribution in [-0.4, -0.2) is 97.7 Å². The zero-order chi connectivity index (χ0) is 55.9. The second-order valence-electron chi connectivity index (χ2n) is 21.5. The molecule has 5 aromatic carbocycles. The molecule has 4 aromatic heterocycles. The molecule has 0 radical (unpaired) electrons. The number of alkyl halides is 2. The molecule has 4 aliphatic rings. The third-order valence-electron chi connectivity index (χ3n) is 16.4. The van der Waals surface area contributed by atoms with Gasteiger partial charge in [-0.15, -0.1) is 0 Å². The summed E-state index contributed by atoms with van der Waals surface area (Å²) in [7, 11) is 0. The predicted molar refractivity (Wildman–Crippen MR) is 293 cm³/mol. The van der Waals surface area contributed by atoms with E-state index in [0.717, 1.165) is 50.4 Å². The summed E-state index contributed by atoms with van der Waals surface area (Å²) < 4.78 is 98.5. The number of aromatic hydroxyl groups is 1. The molecule has 0 aliphatic carbocycles. The van der Waals surface area contributed by atoms with Gasteiger partial charge in [-0.1, -0.05) is 48.5 Å². The first-order valence-corrected chi connectivity index (χ1v) is 26.7. The first-order valence-electron chi connectivity index (χ1n) is 26.7. The average molecular weight is 1100 g/mol. The molecule has 8 heterocycles. The summed E-state index contributed by atoms with van der Waals surface area (Å²) >= 11 is 0. The fourth-order valence-corrected chi connectivity index (χ4v) is 12.7. The SMILES string of the molecule is Cc1c(-c2cc(O)cc3ccc(F)c(C#COc4cc(-c5oc(=O)c6c(OCc7ccccc7)nc(OC[C@@]78CCCN7C[C@H](F)C8)nc6c5C)c5c(F)cccc5c4)c23)oc(=O)c2c(N)nc(OC[C@@]34CCCN3C[C@H](F)C4)nc12. The van der Waals surface area contributed by atoms with Crippen molar-refractivity contribution in [3.63, 3.8) is 0 Å². The Kier molecular flexibility index (Phi) is 12.8. The third-order valence-corrected chi connectivity index (χ3v) is 16.4. The summed E-state index contributed by atoms with van der Waals surface area (Å²) in [5, 5.41) is 11.7. The van der Waals surface area contributed by atoms with Gasteiger partial charge in [0, 0.05) is 59.0 Å². The Morgan fingerprint density at radius 3 is 1.99 bits per heavy atom. The number of phenolic OH excluding ortho intramolecular Hbond substituents is 1. The van der Waals surface area contributed by atoms with Gasteiger partial charge in [0.2, 0.25) is 5.88 Å². The van der Waals surface area contributed by atoms with E-state index in [-0.39, 0.29) is 121 Å². The number of nitrogens with two attached hydrogens (primary N) is 1. The van der Waals surface area contributed by atoms with Crippen LogP contribution in [0.4, 0.5) is 23.4 Å². The van der Waals surface area contributed by atoms with Crippen LogP contribution in [0.5, 0.6) is 29.4 Å². The minimum Gasteiger partial charge on any atom is -0.508 e. The van der Waals surface area contributed by atoms with Crippen LogP contribution in [0.1, 0.15) is 60.8 Å². The zero-order valence-electron chi connectivity index (χ0n) is 43.9. The maximum atomic E-state index is 16.3. The lowest BCUT2D eigenvalue weighted by Crippen LogP contribution is -2.43. The van der Waals surface area contributed by atoms with Crippen molar-refractivity contribution < 1.29 is 50.4 Å². The molecule has 0 amide bonds. The smallest absolute Gasteiger partial charge is 0.351 e. The number of aromatic nitrogens is 4. The Morgan fingerprint density at radius 2 is 1.31 bits per heavy atom. The van der Waals surface area contributed by atoms with E-state index < -0.39 is 46.3 Å². The minimum absolute atomic E-state index is 0.0303. The quantitative estimate of drug-likeness (QED) is 0.0863. The van der Waals surface area contributed by atoms with Crippen LogP contribution in [0.15, 0.2) is 103 Å². The highest BCUT2D eigenvalue weighted by Gasteiger charge is 2.50. The van der Waals surface area contributed by atoms with Crippen molar-refractivity contribution in [3.8, 4) is 64.1 Å².